The van der Waals surface area contributed by atoms with E-state index in [1.54, 1.807) is 6.08 Å². The summed E-state index contributed by atoms with van der Waals surface area (Å²) in [6, 6.07) is 0. The van der Waals surface area contributed by atoms with Gasteiger partial charge in [0.25, 0.3) is 0 Å². The Kier molecular flexibility index (Phi) is 4.84. The molecule has 0 aliphatic carbocycles. The first-order valence-electron chi connectivity index (χ1n) is 4.30. The molecular formula is C10H18O. The number of carbonyl (C=O) groups is 1. The SMILES string of the molecule is CC=CC(=O)C(CC)C(C)C. The second kappa shape index (κ2) is 5.11. The van der Waals surface area contributed by atoms with Gasteiger partial charge in [-0.25, -0.2) is 0 Å². The Hall–Kier alpha value is -0.590. The minimum absolute atomic E-state index is 0.214. The topological polar surface area (TPSA) is 17.1 Å². The Morgan fingerprint density at radius 3 is 2.27 bits per heavy atom. The quantitative estimate of drug-likeness (QED) is 0.569. The normalized spacial score (nSPS) is 14.3. The largest absolute Gasteiger partial charge is 0.295 e. The van der Waals surface area contributed by atoms with Crippen LogP contribution in [-0.2, 0) is 4.79 Å². The van der Waals surface area contributed by atoms with Crippen LogP contribution < -0.4 is 0 Å². The summed E-state index contributed by atoms with van der Waals surface area (Å²) in [6.07, 6.45) is 4.43. The molecule has 0 saturated carbocycles. The van der Waals surface area contributed by atoms with Crippen molar-refractivity contribution in [3.8, 4) is 0 Å². The fraction of sp³-hybridized carbons (Fsp3) is 0.700. The van der Waals surface area contributed by atoms with Crippen molar-refractivity contribution in [3.63, 3.8) is 0 Å². The number of hydrogen-bond acceptors (Lipinski definition) is 1. The molecule has 0 rings (SSSR count). The Balaban J connectivity index is 4.14. The molecule has 0 N–H and O–H groups in total. The molecule has 1 nitrogen and oxygen atoms in total. The van der Waals surface area contributed by atoms with Crippen LogP contribution in [0.2, 0.25) is 0 Å². The Morgan fingerprint density at radius 2 is 2.00 bits per heavy atom. The molecule has 0 aromatic rings. The molecule has 11 heavy (non-hydrogen) atoms. The standard InChI is InChI=1S/C10H18O/c1-5-7-10(11)9(6-2)8(3)4/h5,7-9H,6H2,1-4H3. The van der Waals surface area contributed by atoms with Crippen molar-refractivity contribution >= 4 is 5.78 Å². The van der Waals surface area contributed by atoms with Gasteiger partial charge in [-0.3, -0.25) is 4.79 Å². The summed E-state index contributed by atoms with van der Waals surface area (Å²) in [6.45, 7) is 8.13. The smallest absolute Gasteiger partial charge is 0.158 e. The van der Waals surface area contributed by atoms with Gasteiger partial charge in [-0.2, -0.15) is 0 Å². The van der Waals surface area contributed by atoms with Gasteiger partial charge >= 0.3 is 0 Å². The first kappa shape index (κ1) is 10.4. The lowest BCUT2D eigenvalue weighted by Crippen LogP contribution is -2.17. The molecule has 0 bridgehead atoms. The zero-order valence-electron chi connectivity index (χ0n) is 7.92. The highest BCUT2D eigenvalue weighted by atomic mass is 16.1. The summed E-state index contributed by atoms with van der Waals surface area (Å²) < 4.78 is 0. The van der Waals surface area contributed by atoms with E-state index >= 15 is 0 Å². The van der Waals surface area contributed by atoms with Gasteiger partial charge in [-0.15, -0.1) is 0 Å². The van der Waals surface area contributed by atoms with Crippen LogP contribution in [0.5, 0.6) is 0 Å². The highest BCUT2D eigenvalue weighted by Gasteiger charge is 2.16. The molecule has 64 valence electrons. The van der Waals surface area contributed by atoms with Gasteiger partial charge in [0.05, 0.1) is 0 Å². The first-order chi connectivity index (χ1) is 5.13. The summed E-state index contributed by atoms with van der Waals surface area (Å²) in [7, 11) is 0. The van der Waals surface area contributed by atoms with Crippen molar-refractivity contribution in [3.05, 3.63) is 12.2 Å². The van der Waals surface area contributed by atoms with E-state index in [0.29, 0.717) is 5.92 Å². The molecule has 0 radical (unpaired) electrons. The molecule has 0 aliphatic heterocycles. The van der Waals surface area contributed by atoms with E-state index in [4.69, 9.17) is 0 Å². The predicted octanol–water partition coefficient (Wildman–Crippen LogP) is 2.81. The van der Waals surface area contributed by atoms with Crippen LogP contribution in [0, 0.1) is 11.8 Å². The van der Waals surface area contributed by atoms with Gasteiger partial charge < -0.3 is 0 Å². The van der Waals surface area contributed by atoms with Crippen LogP contribution in [0.3, 0.4) is 0 Å². The van der Waals surface area contributed by atoms with Crippen molar-refractivity contribution in [2.75, 3.05) is 0 Å². The summed E-state index contributed by atoms with van der Waals surface area (Å²) in [4.78, 5) is 11.3. The molecule has 0 aliphatic rings. The molecule has 1 unspecified atom stereocenters. The second-order valence-electron chi connectivity index (χ2n) is 3.16. The summed E-state index contributed by atoms with van der Waals surface area (Å²) >= 11 is 0. The molecule has 0 spiro atoms. The van der Waals surface area contributed by atoms with Gasteiger partial charge in [0.2, 0.25) is 0 Å². The minimum Gasteiger partial charge on any atom is -0.295 e. The number of ketones is 1. The fourth-order valence-corrected chi connectivity index (χ4v) is 1.29. The number of rotatable bonds is 4. The Morgan fingerprint density at radius 1 is 1.45 bits per heavy atom. The number of allylic oxidation sites excluding steroid dienone is 2. The van der Waals surface area contributed by atoms with Crippen molar-refractivity contribution in [1.82, 2.24) is 0 Å². The molecule has 0 heterocycles. The van der Waals surface area contributed by atoms with E-state index in [-0.39, 0.29) is 11.7 Å². The monoisotopic (exact) mass is 154 g/mol. The van der Waals surface area contributed by atoms with Crippen molar-refractivity contribution < 1.29 is 4.79 Å². The van der Waals surface area contributed by atoms with E-state index < -0.39 is 0 Å². The van der Waals surface area contributed by atoms with Crippen LogP contribution in [0.4, 0.5) is 0 Å². The third kappa shape index (κ3) is 3.35. The van der Waals surface area contributed by atoms with Crippen LogP contribution in [0.25, 0.3) is 0 Å². The summed E-state index contributed by atoms with van der Waals surface area (Å²) in [5.74, 6) is 0.944. The molecule has 0 aromatic carbocycles. The van der Waals surface area contributed by atoms with Gasteiger partial charge in [0.1, 0.15) is 0 Å². The van der Waals surface area contributed by atoms with Crippen LogP contribution in [0.1, 0.15) is 34.1 Å². The summed E-state index contributed by atoms with van der Waals surface area (Å²) in [5, 5.41) is 0. The number of hydrogen-bond donors (Lipinski definition) is 0. The lowest BCUT2D eigenvalue weighted by molar-refractivity contribution is -0.119. The first-order valence-corrected chi connectivity index (χ1v) is 4.30. The van der Waals surface area contributed by atoms with Crippen LogP contribution >= 0.6 is 0 Å². The molecule has 0 aromatic heterocycles. The van der Waals surface area contributed by atoms with E-state index in [9.17, 15) is 4.79 Å². The van der Waals surface area contributed by atoms with Crippen LogP contribution in [0.15, 0.2) is 12.2 Å². The van der Waals surface area contributed by atoms with E-state index in [1.165, 1.54) is 0 Å². The van der Waals surface area contributed by atoms with Gasteiger partial charge in [-0.05, 0) is 25.3 Å². The van der Waals surface area contributed by atoms with E-state index in [1.807, 2.05) is 13.0 Å². The minimum atomic E-state index is 0.214. The third-order valence-electron chi connectivity index (χ3n) is 1.94. The van der Waals surface area contributed by atoms with Gasteiger partial charge in [0, 0.05) is 5.92 Å². The van der Waals surface area contributed by atoms with E-state index in [0.717, 1.165) is 6.42 Å². The van der Waals surface area contributed by atoms with Crippen molar-refractivity contribution in [2.24, 2.45) is 11.8 Å². The maximum absolute atomic E-state index is 11.3. The highest BCUT2D eigenvalue weighted by molar-refractivity contribution is 5.91. The van der Waals surface area contributed by atoms with Gasteiger partial charge in [-0.1, -0.05) is 26.8 Å². The Labute approximate surface area is 69.5 Å². The predicted molar refractivity (Wildman–Crippen MR) is 48.4 cm³/mol. The van der Waals surface area contributed by atoms with E-state index in [2.05, 4.69) is 20.8 Å². The lowest BCUT2D eigenvalue weighted by atomic mass is 9.89. The molecule has 0 fully saturated rings. The van der Waals surface area contributed by atoms with Crippen LogP contribution in [-0.4, -0.2) is 5.78 Å². The maximum Gasteiger partial charge on any atom is 0.158 e. The maximum atomic E-state index is 11.3. The number of carbonyl (C=O) groups excluding carboxylic acids is 1. The lowest BCUT2D eigenvalue weighted by Gasteiger charge is -2.14. The average molecular weight is 154 g/mol. The fourth-order valence-electron chi connectivity index (χ4n) is 1.29. The van der Waals surface area contributed by atoms with Crippen molar-refractivity contribution in [2.45, 2.75) is 34.1 Å². The highest BCUT2D eigenvalue weighted by Crippen LogP contribution is 2.16. The molecule has 0 saturated heterocycles. The molecule has 0 amide bonds. The molecule has 1 atom stereocenters. The van der Waals surface area contributed by atoms with Crippen molar-refractivity contribution in [1.29, 1.82) is 0 Å². The molecular weight excluding hydrogens is 136 g/mol. The Bertz CT molecular complexity index is 145. The zero-order valence-corrected chi connectivity index (χ0v) is 7.92. The third-order valence-corrected chi connectivity index (χ3v) is 1.94. The summed E-state index contributed by atoms with van der Waals surface area (Å²) in [5.41, 5.74) is 0. The molecule has 1 heteroatoms. The zero-order chi connectivity index (χ0) is 8.85. The second-order valence-corrected chi connectivity index (χ2v) is 3.16. The average Bonchev–Trinajstić information content (AvgIpc) is 1.88. The van der Waals surface area contributed by atoms with Gasteiger partial charge in [0.15, 0.2) is 5.78 Å².